The third-order valence-electron chi connectivity index (χ3n) is 4.13. The molecule has 1 amide bonds. The second-order valence-corrected chi connectivity index (χ2v) is 5.81. The minimum atomic E-state index is -0.479. The maximum Gasteiger partial charge on any atom is 0.414 e. The zero-order chi connectivity index (χ0) is 17.2. The Labute approximate surface area is 144 Å². The van der Waals surface area contributed by atoms with Gasteiger partial charge >= 0.3 is 6.09 Å². The highest BCUT2D eigenvalue weighted by atomic mass is 16.7. The molecule has 7 nitrogen and oxygen atoms in total. The Hall–Kier alpha value is -2.90. The first-order valence-electron chi connectivity index (χ1n) is 7.98. The summed E-state index contributed by atoms with van der Waals surface area (Å²) < 4.78 is 5.05. The molecule has 2 aliphatic rings. The van der Waals surface area contributed by atoms with Gasteiger partial charge in [0, 0.05) is 16.8 Å². The van der Waals surface area contributed by atoms with Crippen molar-refractivity contribution in [1.82, 2.24) is 5.48 Å². The lowest BCUT2D eigenvalue weighted by Crippen LogP contribution is -2.25. The number of hydrogen-bond acceptors (Lipinski definition) is 6. The molecule has 7 heteroatoms. The van der Waals surface area contributed by atoms with Crippen molar-refractivity contribution in [3.05, 3.63) is 65.7 Å². The van der Waals surface area contributed by atoms with E-state index in [1.807, 2.05) is 54.6 Å². The van der Waals surface area contributed by atoms with E-state index in [1.165, 1.54) is 4.90 Å². The molecule has 2 aromatic rings. The Morgan fingerprint density at radius 3 is 2.60 bits per heavy atom. The molecule has 2 aromatic carbocycles. The summed E-state index contributed by atoms with van der Waals surface area (Å²) in [6.45, 7) is 0.159. The molecule has 25 heavy (non-hydrogen) atoms. The Morgan fingerprint density at radius 1 is 1.16 bits per heavy atom. The number of aliphatic imine (C=N–C) groups is 1. The fourth-order valence-electron chi connectivity index (χ4n) is 2.80. The van der Waals surface area contributed by atoms with E-state index in [-0.39, 0.29) is 12.8 Å². The Balaban J connectivity index is 1.50. The van der Waals surface area contributed by atoms with Gasteiger partial charge in [0.25, 0.3) is 0 Å². The van der Waals surface area contributed by atoms with E-state index in [0.29, 0.717) is 18.1 Å². The van der Waals surface area contributed by atoms with Crippen LogP contribution >= 0.6 is 0 Å². The second-order valence-electron chi connectivity index (χ2n) is 5.81. The first-order valence-corrected chi connectivity index (χ1v) is 7.98. The van der Waals surface area contributed by atoms with Gasteiger partial charge in [-0.25, -0.2) is 20.1 Å². The highest BCUT2D eigenvalue weighted by Crippen LogP contribution is 2.25. The molecule has 128 valence electrons. The van der Waals surface area contributed by atoms with Crippen LogP contribution in [0.4, 0.5) is 10.5 Å². The minimum Gasteiger partial charge on any atom is -0.441 e. The Bertz CT molecular complexity index is 792. The number of benzene rings is 2. The number of cyclic esters (lactones) is 1. The smallest absolute Gasteiger partial charge is 0.414 e. The van der Waals surface area contributed by atoms with Crippen LogP contribution in [0.25, 0.3) is 0 Å². The molecule has 0 aromatic heterocycles. The van der Waals surface area contributed by atoms with Gasteiger partial charge < -0.3 is 9.84 Å². The molecule has 0 aliphatic carbocycles. The van der Waals surface area contributed by atoms with Crippen LogP contribution in [0.5, 0.6) is 0 Å². The third-order valence-corrected chi connectivity index (χ3v) is 4.13. The van der Waals surface area contributed by atoms with E-state index in [1.54, 1.807) is 0 Å². The number of carbonyl (C=O) groups excluding carboxylic acids is 1. The number of ether oxygens (including phenoxy) is 1. The number of anilines is 1. The number of rotatable bonds is 4. The molecule has 2 unspecified atom stereocenters. The Morgan fingerprint density at radius 2 is 1.92 bits per heavy atom. The van der Waals surface area contributed by atoms with Gasteiger partial charge in [0.1, 0.15) is 6.10 Å². The molecule has 2 aliphatic heterocycles. The molecule has 0 radical (unpaired) electrons. The molecule has 0 spiro atoms. The molecular weight excluding hydrogens is 322 g/mol. The van der Waals surface area contributed by atoms with Gasteiger partial charge in [-0.15, -0.1) is 0 Å². The van der Waals surface area contributed by atoms with Crippen molar-refractivity contribution in [2.24, 2.45) is 4.99 Å². The van der Waals surface area contributed by atoms with Crippen LogP contribution in [0.15, 0.2) is 59.6 Å². The van der Waals surface area contributed by atoms with Crippen LogP contribution in [0, 0.1) is 0 Å². The number of amidine groups is 1. The fourth-order valence-corrected chi connectivity index (χ4v) is 2.80. The van der Waals surface area contributed by atoms with Gasteiger partial charge in [0.2, 0.25) is 6.23 Å². The molecule has 0 bridgehead atoms. The molecule has 1 saturated heterocycles. The van der Waals surface area contributed by atoms with E-state index >= 15 is 0 Å². The lowest BCUT2D eigenvalue weighted by Gasteiger charge is -2.13. The number of hydrogen-bond donors (Lipinski definition) is 2. The number of hydroxylamine groups is 1. The summed E-state index contributed by atoms with van der Waals surface area (Å²) in [5.41, 5.74) is 5.38. The number of nitrogens with one attached hydrogen (secondary N) is 1. The Kier molecular flexibility index (Phi) is 4.09. The van der Waals surface area contributed by atoms with E-state index in [9.17, 15) is 4.79 Å². The molecule has 1 fully saturated rings. The van der Waals surface area contributed by atoms with Gasteiger partial charge in [0.15, 0.2) is 5.84 Å². The van der Waals surface area contributed by atoms with Gasteiger partial charge in [-0.05, 0) is 24.3 Å². The van der Waals surface area contributed by atoms with Crippen LogP contribution in [-0.4, -0.2) is 36.3 Å². The zero-order valence-corrected chi connectivity index (χ0v) is 13.3. The number of amides is 1. The molecule has 2 atom stereocenters. The van der Waals surface area contributed by atoms with Crippen molar-refractivity contribution >= 4 is 17.6 Å². The highest BCUT2D eigenvalue weighted by Gasteiger charge is 2.31. The van der Waals surface area contributed by atoms with Gasteiger partial charge in [-0.2, -0.15) is 0 Å². The van der Waals surface area contributed by atoms with Crippen molar-refractivity contribution in [2.45, 2.75) is 12.3 Å². The van der Waals surface area contributed by atoms with Crippen LogP contribution in [-0.2, 0) is 9.57 Å². The lowest BCUT2D eigenvalue weighted by atomic mass is 10.1. The van der Waals surface area contributed by atoms with Crippen LogP contribution < -0.4 is 10.4 Å². The molecule has 2 N–H and O–H groups in total. The van der Waals surface area contributed by atoms with Gasteiger partial charge in [0.05, 0.1) is 13.2 Å². The number of aliphatic hydroxyl groups excluding tert-OH is 1. The van der Waals surface area contributed by atoms with Crippen molar-refractivity contribution in [3.63, 3.8) is 0 Å². The summed E-state index contributed by atoms with van der Waals surface area (Å²) in [5.74, 6) is 0.637. The summed E-state index contributed by atoms with van der Waals surface area (Å²) in [5, 5.41) is 9.11. The van der Waals surface area contributed by atoms with Crippen LogP contribution in [0.2, 0.25) is 0 Å². The van der Waals surface area contributed by atoms with E-state index in [0.717, 1.165) is 11.1 Å². The second kappa shape index (κ2) is 6.54. The summed E-state index contributed by atoms with van der Waals surface area (Å²) >= 11 is 0. The van der Waals surface area contributed by atoms with Gasteiger partial charge in [-0.3, -0.25) is 4.90 Å². The summed E-state index contributed by atoms with van der Waals surface area (Å²) in [7, 11) is 0. The normalized spacial score (nSPS) is 22.5. The van der Waals surface area contributed by atoms with E-state index < -0.39 is 12.2 Å². The van der Waals surface area contributed by atoms with Crippen molar-refractivity contribution in [3.8, 4) is 0 Å². The molecule has 4 rings (SSSR count). The maximum absolute atomic E-state index is 11.8. The SMILES string of the molecule is O=C1OC(CO)CN1c1ccc(C2=NC(c3ccccc3)ON2)cc1. The van der Waals surface area contributed by atoms with Crippen LogP contribution in [0.3, 0.4) is 0 Å². The summed E-state index contributed by atoms with van der Waals surface area (Å²) in [4.78, 5) is 23.4. The average molecular weight is 339 g/mol. The average Bonchev–Trinajstić information content (AvgIpc) is 3.29. The van der Waals surface area contributed by atoms with E-state index in [4.69, 9.17) is 14.7 Å². The van der Waals surface area contributed by atoms with Crippen molar-refractivity contribution in [1.29, 1.82) is 0 Å². The summed E-state index contributed by atoms with van der Waals surface area (Å²) in [6, 6.07) is 17.1. The third kappa shape index (κ3) is 3.07. The van der Waals surface area contributed by atoms with Gasteiger partial charge in [-0.1, -0.05) is 30.3 Å². The summed E-state index contributed by atoms with van der Waals surface area (Å²) in [6.07, 6.45) is -1.31. The zero-order valence-electron chi connectivity index (χ0n) is 13.3. The predicted octanol–water partition coefficient (Wildman–Crippen LogP) is 1.98. The monoisotopic (exact) mass is 339 g/mol. The molecular formula is C18H17N3O4. The van der Waals surface area contributed by atoms with E-state index in [2.05, 4.69) is 10.5 Å². The number of nitrogens with zero attached hydrogens (tertiary/aromatic N) is 2. The molecule has 0 saturated carbocycles. The van der Waals surface area contributed by atoms with Crippen LogP contribution in [0.1, 0.15) is 17.4 Å². The van der Waals surface area contributed by atoms with Crippen molar-refractivity contribution < 1.29 is 19.5 Å². The lowest BCUT2D eigenvalue weighted by molar-refractivity contribution is 0.0377. The topological polar surface area (TPSA) is 83.4 Å². The first-order chi connectivity index (χ1) is 12.2. The largest absolute Gasteiger partial charge is 0.441 e. The maximum atomic E-state index is 11.8. The minimum absolute atomic E-state index is 0.181. The number of aliphatic hydroxyl groups is 1. The van der Waals surface area contributed by atoms with Crippen molar-refractivity contribution in [2.75, 3.05) is 18.1 Å². The predicted molar refractivity (Wildman–Crippen MR) is 91.1 cm³/mol. The standard InChI is InChI=1S/C18H17N3O4/c22-11-15-10-21(18(23)24-15)14-8-6-12(7-9-14)16-19-17(25-20-16)13-4-2-1-3-5-13/h1-9,15,17,22H,10-11H2,(H,19,20). The quantitative estimate of drug-likeness (QED) is 0.890. The molecule has 2 heterocycles. The first kappa shape index (κ1) is 15.6. The fraction of sp³-hybridized carbons (Fsp3) is 0.222. The highest BCUT2D eigenvalue weighted by molar-refractivity contribution is 5.99. The number of carbonyl (C=O) groups is 1.